The summed E-state index contributed by atoms with van der Waals surface area (Å²) in [5, 5.41) is 2.30. The predicted molar refractivity (Wildman–Crippen MR) is 68.2 cm³/mol. The lowest BCUT2D eigenvalue weighted by molar-refractivity contribution is 0.0879. The van der Waals surface area contributed by atoms with E-state index in [1.807, 2.05) is 6.07 Å². The van der Waals surface area contributed by atoms with Gasteiger partial charge >= 0.3 is 0 Å². The summed E-state index contributed by atoms with van der Waals surface area (Å²) in [6, 6.07) is 5.26. The Balaban J connectivity index is 2.04. The number of carbonyl (C=O) groups excluding carboxylic acids is 2. The summed E-state index contributed by atoms with van der Waals surface area (Å²) in [6.07, 6.45) is 2.23. The van der Waals surface area contributed by atoms with E-state index >= 15 is 0 Å². The molecule has 0 radical (unpaired) electrons. The van der Waals surface area contributed by atoms with Gasteiger partial charge in [-0.1, -0.05) is 23.7 Å². The molecule has 0 saturated heterocycles. The molecule has 0 aliphatic carbocycles. The van der Waals surface area contributed by atoms with Crippen molar-refractivity contribution in [1.82, 2.24) is 10.3 Å². The van der Waals surface area contributed by atoms with Crippen molar-refractivity contribution in [1.29, 1.82) is 0 Å². The first-order chi connectivity index (χ1) is 8.65. The molecular weight excluding hydrogens is 272 g/mol. The van der Waals surface area contributed by atoms with Crippen LogP contribution in [0.5, 0.6) is 0 Å². The van der Waals surface area contributed by atoms with E-state index in [0.717, 1.165) is 10.4 Å². The SMILES string of the molecule is O=C1NC(=O)c2c(Cc3cnc(Cl)s3)cccc21. The molecule has 1 aromatic carbocycles. The van der Waals surface area contributed by atoms with E-state index in [2.05, 4.69) is 10.3 Å². The van der Waals surface area contributed by atoms with Crippen molar-refractivity contribution in [2.45, 2.75) is 6.42 Å². The summed E-state index contributed by atoms with van der Waals surface area (Å²) in [4.78, 5) is 28.2. The maximum atomic E-state index is 11.7. The molecule has 1 aliphatic rings. The van der Waals surface area contributed by atoms with Gasteiger partial charge in [-0.3, -0.25) is 14.9 Å². The highest BCUT2D eigenvalue weighted by molar-refractivity contribution is 7.15. The molecule has 2 aromatic rings. The van der Waals surface area contributed by atoms with Gasteiger partial charge in [-0.25, -0.2) is 4.98 Å². The van der Waals surface area contributed by atoms with Gasteiger partial charge in [0.05, 0.1) is 11.1 Å². The lowest BCUT2D eigenvalue weighted by Crippen LogP contribution is -2.20. The van der Waals surface area contributed by atoms with Gasteiger partial charge in [0.2, 0.25) is 0 Å². The Morgan fingerprint density at radius 3 is 2.83 bits per heavy atom. The van der Waals surface area contributed by atoms with E-state index in [1.54, 1.807) is 18.3 Å². The molecule has 0 spiro atoms. The Kier molecular flexibility index (Phi) is 2.65. The van der Waals surface area contributed by atoms with Gasteiger partial charge in [0.15, 0.2) is 4.47 Å². The number of carbonyl (C=O) groups is 2. The zero-order valence-electron chi connectivity index (χ0n) is 9.07. The predicted octanol–water partition coefficient (Wildman–Crippen LogP) is 2.27. The topological polar surface area (TPSA) is 59.1 Å². The quantitative estimate of drug-likeness (QED) is 0.858. The fraction of sp³-hybridized carbons (Fsp3) is 0.0833. The van der Waals surface area contributed by atoms with Crippen LogP contribution in [0.2, 0.25) is 4.47 Å². The maximum absolute atomic E-state index is 11.7. The molecule has 2 amide bonds. The molecule has 6 heteroatoms. The van der Waals surface area contributed by atoms with Crippen LogP contribution in [0, 0.1) is 0 Å². The summed E-state index contributed by atoms with van der Waals surface area (Å²) in [5.74, 6) is -0.666. The average molecular weight is 279 g/mol. The molecule has 90 valence electrons. The van der Waals surface area contributed by atoms with Gasteiger partial charge in [-0.05, 0) is 11.6 Å². The van der Waals surface area contributed by atoms with Crippen LogP contribution in [0.3, 0.4) is 0 Å². The Bertz CT molecular complexity index is 666. The van der Waals surface area contributed by atoms with E-state index < -0.39 is 0 Å². The standard InChI is InChI=1S/C12H7ClN2O2S/c13-12-14-5-7(18-12)4-6-2-1-3-8-9(6)11(17)15-10(8)16/h1-3,5H,4H2,(H,15,16,17). The van der Waals surface area contributed by atoms with Crippen LogP contribution in [0.15, 0.2) is 24.4 Å². The number of fused-ring (bicyclic) bond motifs is 1. The van der Waals surface area contributed by atoms with Crippen molar-refractivity contribution in [2.75, 3.05) is 0 Å². The third-order valence-corrected chi connectivity index (χ3v) is 3.85. The molecule has 18 heavy (non-hydrogen) atoms. The van der Waals surface area contributed by atoms with E-state index in [-0.39, 0.29) is 11.8 Å². The molecule has 0 fully saturated rings. The minimum absolute atomic E-state index is 0.332. The summed E-state index contributed by atoms with van der Waals surface area (Å²) in [6.45, 7) is 0. The van der Waals surface area contributed by atoms with Crippen molar-refractivity contribution in [2.24, 2.45) is 0 Å². The number of amides is 2. The van der Waals surface area contributed by atoms with Crippen molar-refractivity contribution in [3.05, 3.63) is 50.4 Å². The number of nitrogens with zero attached hydrogens (tertiary/aromatic N) is 1. The summed E-state index contributed by atoms with van der Waals surface area (Å²) in [7, 11) is 0. The van der Waals surface area contributed by atoms with Crippen LogP contribution in [0.25, 0.3) is 0 Å². The number of nitrogens with one attached hydrogen (secondary N) is 1. The van der Waals surface area contributed by atoms with Gasteiger partial charge in [0, 0.05) is 17.5 Å². The second-order valence-electron chi connectivity index (χ2n) is 3.88. The second-order valence-corrected chi connectivity index (χ2v) is 5.58. The fourth-order valence-electron chi connectivity index (χ4n) is 1.99. The first-order valence-electron chi connectivity index (χ1n) is 5.23. The number of rotatable bonds is 2. The first kappa shape index (κ1) is 11.4. The highest BCUT2D eigenvalue weighted by Gasteiger charge is 2.28. The van der Waals surface area contributed by atoms with Crippen LogP contribution < -0.4 is 5.32 Å². The monoisotopic (exact) mass is 278 g/mol. The van der Waals surface area contributed by atoms with Crippen LogP contribution in [-0.4, -0.2) is 16.8 Å². The Hall–Kier alpha value is -1.72. The van der Waals surface area contributed by atoms with Crippen molar-refractivity contribution < 1.29 is 9.59 Å². The van der Waals surface area contributed by atoms with Gasteiger partial charge in [0.25, 0.3) is 11.8 Å². The lowest BCUT2D eigenvalue weighted by Gasteiger charge is -2.03. The molecule has 3 rings (SSSR count). The smallest absolute Gasteiger partial charge is 0.259 e. The molecule has 0 atom stereocenters. The average Bonchev–Trinajstić information content (AvgIpc) is 2.85. The zero-order chi connectivity index (χ0) is 12.7. The van der Waals surface area contributed by atoms with Crippen LogP contribution in [-0.2, 0) is 6.42 Å². The largest absolute Gasteiger partial charge is 0.288 e. The maximum Gasteiger partial charge on any atom is 0.259 e. The van der Waals surface area contributed by atoms with Crippen LogP contribution >= 0.6 is 22.9 Å². The highest BCUT2D eigenvalue weighted by atomic mass is 35.5. The molecule has 1 N–H and O–H groups in total. The highest BCUT2D eigenvalue weighted by Crippen LogP contribution is 2.25. The number of aromatic nitrogens is 1. The van der Waals surface area contributed by atoms with Gasteiger partial charge in [-0.15, -0.1) is 11.3 Å². The van der Waals surface area contributed by atoms with Crippen molar-refractivity contribution in [3.63, 3.8) is 0 Å². The van der Waals surface area contributed by atoms with Gasteiger partial charge in [0.1, 0.15) is 0 Å². The number of hydrogen-bond acceptors (Lipinski definition) is 4. The van der Waals surface area contributed by atoms with Crippen molar-refractivity contribution in [3.8, 4) is 0 Å². The van der Waals surface area contributed by atoms with Crippen molar-refractivity contribution >= 4 is 34.8 Å². The Morgan fingerprint density at radius 2 is 2.11 bits per heavy atom. The molecule has 0 unspecified atom stereocenters. The number of imide groups is 1. The zero-order valence-corrected chi connectivity index (χ0v) is 10.6. The number of halogens is 1. The molecule has 0 saturated carbocycles. The third kappa shape index (κ3) is 1.81. The molecule has 1 aliphatic heterocycles. The number of benzene rings is 1. The van der Waals surface area contributed by atoms with Crippen LogP contribution in [0.4, 0.5) is 0 Å². The minimum atomic E-state index is -0.334. The van der Waals surface area contributed by atoms with E-state index in [4.69, 9.17) is 11.6 Å². The number of hydrogen-bond donors (Lipinski definition) is 1. The normalized spacial score (nSPS) is 13.6. The molecule has 1 aromatic heterocycles. The minimum Gasteiger partial charge on any atom is -0.288 e. The summed E-state index contributed by atoms with van der Waals surface area (Å²) >= 11 is 7.14. The van der Waals surface area contributed by atoms with Gasteiger partial charge in [-0.2, -0.15) is 0 Å². The van der Waals surface area contributed by atoms with E-state index in [1.165, 1.54) is 11.3 Å². The Labute approximate surface area is 112 Å². The molecular formula is C12H7ClN2O2S. The second kappa shape index (κ2) is 4.19. The van der Waals surface area contributed by atoms with E-state index in [0.29, 0.717) is 22.0 Å². The number of thiazole rings is 1. The third-order valence-electron chi connectivity index (χ3n) is 2.74. The molecule has 4 nitrogen and oxygen atoms in total. The lowest BCUT2D eigenvalue weighted by atomic mass is 10.00. The fourth-order valence-corrected chi connectivity index (χ4v) is 2.99. The van der Waals surface area contributed by atoms with E-state index in [9.17, 15) is 9.59 Å². The summed E-state index contributed by atoms with van der Waals surface area (Å²) in [5.41, 5.74) is 1.72. The van der Waals surface area contributed by atoms with Gasteiger partial charge < -0.3 is 0 Å². The molecule has 0 bridgehead atoms. The molecule has 2 heterocycles. The Morgan fingerprint density at radius 1 is 1.28 bits per heavy atom. The van der Waals surface area contributed by atoms with Crippen LogP contribution in [0.1, 0.15) is 31.2 Å². The first-order valence-corrected chi connectivity index (χ1v) is 6.42. The summed E-state index contributed by atoms with van der Waals surface area (Å²) < 4.78 is 0.470.